The number of aromatic nitrogens is 1. The van der Waals surface area contributed by atoms with Crippen molar-refractivity contribution in [3.63, 3.8) is 0 Å². The smallest absolute Gasteiger partial charge is 0.323 e. The molecule has 1 aromatic rings. The molecule has 1 aromatic heterocycles. The minimum absolute atomic E-state index is 0.283. The maximum absolute atomic E-state index is 11.6. The minimum atomic E-state index is -0.458. The molecular weight excluding hydrogens is 240 g/mol. The second-order valence-electron chi connectivity index (χ2n) is 4.22. The van der Waals surface area contributed by atoms with Crippen LogP contribution in [0.4, 0.5) is 0 Å². The zero-order valence-corrected chi connectivity index (χ0v) is 10.7. The van der Waals surface area contributed by atoms with E-state index in [0.717, 1.165) is 9.88 Å². The van der Waals surface area contributed by atoms with E-state index >= 15 is 0 Å². The molecule has 1 saturated heterocycles. The van der Waals surface area contributed by atoms with E-state index in [4.69, 9.17) is 4.74 Å². The normalized spacial score (nSPS) is 25.1. The van der Waals surface area contributed by atoms with E-state index in [1.807, 2.05) is 18.0 Å². The third-order valence-electron chi connectivity index (χ3n) is 2.86. The van der Waals surface area contributed by atoms with Crippen molar-refractivity contribution in [2.75, 3.05) is 13.7 Å². The quantitative estimate of drug-likeness (QED) is 0.801. The van der Waals surface area contributed by atoms with E-state index in [0.29, 0.717) is 19.5 Å². The number of thiazole rings is 1. The van der Waals surface area contributed by atoms with Crippen LogP contribution in [0.2, 0.25) is 0 Å². The van der Waals surface area contributed by atoms with Gasteiger partial charge in [-0.2, -0.15) is 0 Å². The van der Waals surface area contributed by atoms with Crippen molar-refractivity contribution in [1.29, 1.82) is 0 Å². The molecule has 2 rings (SSSR count). The number of hydrogen-bond donors (Lipinski definition) is 1. The predicted octanol–water partition coefficient (Wildman–Crippen LogP) is 0.560. The van der Waals surface area contributed by atoms with Crippen LogP contribution in [0.1, 0.15) is 16.3 Å². The van der Waals surface area contributed by atoms with Crippen LogP contribution < -0.4 is 0 Å². The molecule has 1 fully saturated rings. The first kappa shape index (κ1) is 12.5. The lowest BCUT2D eigenvalue weighted by Crippen LogP contribution is -2.36. The number of aryl methyl sites for hydroxylation is 1. The Balaban J connectivity index is 2.05. The highest BCUT2D eigenvalue weighted by Crippen LogP contribution is 2.23. The van der Waals surface area contributed by atoms with Gasteiger partial charge < -0.3 is 9.84 Å². The molecule has 1 aliphatic rings. The zero-order valence-electron chi connectivity index (χ0n) is 9.92. The summed E-state index contributed by atoms with van der Waals surface area (Å²) >= 11 is 1.61. The maximum atomic E-state index is 11.6. The van der Waals surface area contributed by atoms with Gasteiger partial charge in [-0.05, 0) is 6.92 Å². The van der Waals surface area contributed by atoms with Crippen LogP contribution in [0.25, 0.3) is 0 Å². The summed E-state index contributed by atoms with van der Waals surface area (Å²) in [7, 11) is 1.37. The average Bonchev–Trinajstić information content (AvgIpc) is 2.85. The van der Waals surface area contributed by atoms with Crippen LogP contribution in [-0.2, 0) is 16.1 Å². The van der Waals surface area contributed by atoms with E-state index in [-0.39, 0.29) is 12.0 Å². The van der Waals surface area contributed by atoms with Crippen molar-refractivity contribution in [3.05, 3.63) is 16.1 Å². The molecule has 0 bridgehead atoms. The van der Waals surface area contributed by atoms with Gasteiger partial charge in [0.2, 0.25) is 0 Å². The summed E-state index contributed by atoms with van der Waals surface area (Å²) in [5.41, 5.74) is 0. The fourth-order valence-electron chi connectivity index (χ4n) is 2.08. The molecule has 0 aromatic carbocycles. The van der Waals surface area contributed by atoms with Gasteiger partial charge in [-0.25, -0.2) is 4.98 Å². The number of esters is 1. The molecule has 0 unspecified atom stereocenters. The first-order chi connectivity index (χ1) is 8.10. The van der Waals surface area contributed by atoms with Gasteiger partial charge in [-0.3, -0.25) is 9.69 Å². The summed E-state index contributed by atoms with van der Waals surface area (Å²) in [5, 5.41) is 10.6. The predicted molar refractivity (Wildman–Crippen MR) is 63.7 cm³/mol. The van der Waals surface area contributed by atoms with Crippen molar-refractivity contribution in [2.24, 2.45) is 0 Å². The minimum Gasteiger partial charge on any atom is -0.468 e. The molecule has 0 spiro atoms. The van der Waals surface area contributed by atoms with Gasteiger partial charge in [-0.1, -0.05) is 0 Å². The number of carbonyl (C=O) groups is 1. The molecule has 0 radical (unpaired) electrons. The fourth-order valence-corrected chi connectivity index (χ4v) is 2.90. The highest BCUT2D eigenvalue weighted by molar-refractivity contribution is 7.11. The Bertz CT molecular complexity index is 407. The molecule has 2 heterocycles. The summed E-state index contributed by atoms with van der Waals surface area (Å²) < 4.78 is 4.75. The lowest BCUT2D eigenvalue weighted by molar-refractivity contribution is -0.146. The number of methoxy groups -OCH3 is 1. The molecule has 0 saturated carbocycles. The second kappa shape index (κ2) is 5.12. The van der Waals surface area contributed by atoms with Crippen molar-refractivity contribution in [3.8, 4) is 0 Å². The Morgan fingerprint density at radius 2 is 2.53 bits per heavy atom. The van der Waals surface area contributed by atoms with Crippen LogP contribution >= 0.6 is 11.3 Å². The number of nitrogens with zero attached hydrogens (tertiary/aromatic N) is 2. The summed E-state index contributed by atoms with van der Waals surface area (Å²) in [6, 6.07) is -0.348. The highest BCUT2D eigenvalue weighted by Gasteiger charge is 2.36. The van der Waals surface area contributed by atoms with Crippen molar-refractivity contribution in [1.82, 2.24) is 9.88 Å². The van der Waals surface area contributed by atoms with Gasteiger partial charge in [0.15, 0.2) is 0 Å². The molecule has 1 N–H and O–H groups in total. The number of ether oxygens (including phenoxy) is 1. The standard InChI is InChI=1S/C11H16N2O3S/c1-7-4-12-10(17-7)6-13-5-8(14)3-9(13)11(15)16-2/h4,8-9,14H,3,5-6H2,1-2H3/t8-,9-/m1/s1. The van der Waals surface area contributed by atoms with E-state index in [1.54, 1.807) is 11.3 Å². The Labute approximate surface area is 104 Å². The van der Waals surface area contributed by atoms with Crippen molar-refractivity contribution < 1.29 is 14.6 Å². The van der Waals surface area contributed by atoms with Gasteiger partial charge in [0.05, 0.1) is 19.8 Å². The lowest BCUT2D eigenvalue weighted by Gasteiger charge is -2.20. The Morgan fingerprint density at radius 1 is 1.76 bits per heavy atom. The first-order valence-electron chi connectivity index (χ1n) is 5.51. The second-order valence-corrected chi connectivity index (χ2v) is 5.54. The summed E-state index contributed by atoms with van der Waals surface area (Å²) in [6.07, 6.45) is 1.80. The van der Waals surface area contributed by atoms with Crippen LogP contribution in [0.15, 0.2) is 6.20 Å². The molecule has 17 heavy (non-hydrogen) atoms. The topological polar surface area (TPSA) is 62.7 Å². The third kappa shape index (κ3) is 2.83. The largest absolute Gasteiger partial charge is 0.468 e. The summed E-state index contributed by atoms with van der Waals surface area (Å²) in [4.78, 5) is 18.9. The number of aliphatic hydroxyl groups is 1. The number of hydrogen-bond acceptors (Lipinski definition) is 6. The van der Waals surface area contributed by atoms with E-state index in [2.05, 4.69) is 4.98 Å². The molecular formula is C11H16N2O3S. The molecule has 2 atom stereocenters. The number of β-amino-alcohol motifs (C(OH)–C–C–N with tert-alkyl or cyclic N) is 1. The number of carbonyl (C=O) groups excluding carboxylic acids is 1. The number of likely N-dealkylation sites (tertiary alicyclic amines) is 1. The Kier molecular flexibility index (Phi) is 3.76. The van der Waals surface area contributed by atoms with Gasteiger partial charge in [0.25, 0.3) is 0 Å². The van der Waals surface area contributed by atoms with Gasteiger partial charge >= 0.3 is 5.97 Å². The Morgan fingerprint density at radius 3 is 3.12 bits per heavy atom. The molecule has 1 aliphatic heterocycles. The van der Waals surface area contributed by atoms with Crippen molar-refractivity contribution in [2.45, 2.75) is 32.0 Å². The highest BCUT2D eigenvalue weighted by atomic mass is 32.1. The maximum Gasteiger partial charge on any atom is 0.323 e. The van der Waals surface area contributed by atoms with Crippen LogP contribution in [0.3, 0.4) is 0 Å². The average molecular weight is 256 g/mol. The van der Waals surface area contributed by atoms with Crippen molar-refractivity contribution >= 4 is 17.3 Å². The van der Waals surface area contributed by atoms with Gasteiger partial charge in [0.1, 0.15) is 11.0 Å². The Hall–Kier alpha value is -0.980. The van der Waals surface area contributed by atoms with Crippen LogP contribution in [-0.4, -0.2) is 46.8 Å². The molecule has 5 nitrogen and oxygen atoms in total. The zero-order chi connectivity index (χ0) is 12.4. The lowest BCUT2D eigenvalue weighted by atomic mass is 10.2. The summed E-state index contributed by atoms with van der Waals surface area (Å²) in [6.45, 7) is 3.09. The van der Waals surface area contributed by atoms with Crippen LogP contribution in [0, 0.1) is 6.92 Å². The molecule has 0 amide bonds. The van der Waals surface area contributed by atoms with Gasteiger partial charge in [0, 0.05) is 24.0 Å². The van der Waals surface area contributed by atoms with E-state index in [9.17, 15) is 9.90 Å². The molecule has 0 aliphatic carbocycles. The van der Waals surface area contributed by atoms with Gasteiger partial charge in [-0.15, -0.1) is 11.3 Å². The monoisotopic (exact) mass is 256 g/mol. The van der Waals surface area contributed by atoms with E-state index in [1.165, 1.54) is 7.11 Å². The molecule has 94 valence electrons. The SMILES string of the molecule is COC(=O)[C@H]1C[C@@H](O)CN1Cc1ncc(C)s1. The van der Waals surface area contributed by atoms with E-state index < -0.39 is 6.10 Å². The third-order valence-corrected chi connectivity index (χ3v) is 3.76. The fraction of sp³-hybridized carbons (Fsp3) is 0.636. The number of rotatable bonds is 3. The van der Waals surface area contributed by atoms with Crippen LogP contribution in [0.5, 0.6) is 0 Å². The number of aliphatic hydroxyl groups excluding tert-OH is 1. The first-order valence-corrected chi connectivity index (χ1v) is 6.33. The summed E-state index contributed by atoms with van der Waals surface area (Å²) in [5.74, 6) is -0.283. The molecule has 6 heteroatoms.